The van der Waals surface area contributed by atoms with Crippen LogP contribution in [0.5, 0.6) is 0 Å². The maximum atomic E-state index is 6.17. The second-order valence-corrected chi connectivity index (χ2v) is 6.71. The van der Waals surface area contributed by atoms with E-state index in [4.69, 9.17) is 10.3 Å². The highest BCUT2D eigenvalue weighted by atomic mass is 16.5. The molecule has 2 N–H and O–H groups in total. The van der Waals surface area contributed by atoms with Crippen LogP contribution in [0.4, 0.5) is 5.69 Å². The molecule has 0 aromatic carbocycles. The van der Waals surface area contributed by atoms with Crippen molar-refractivity contribution >= 4 is 5.69 Å². The van der Waals surface area contributed by atoms with Gasteiger partial charge in [-0.2, -0.15) is 0 Å². The van der Waals surface area contributed by atoms with Crippen LogP contribution < -0.4 is 5.73 Å². The first-order valence-corrected chi connectivity index (χ1v) is 6.88. The fourth-order valence-electron chi connectivity index (χ4n) is 5.15. The van der Waals surface area contributed by atoms with Crippen LogP contribution in [0.15, 0.2) is 4.52 Å². The van der Waals surface area contributed by atoms with Gasteiger partial charge in [-0.15, -0.1) is 0 Å². The minimum Gasteiger partial charge on any atom is -0.394 e. The van der Waals surface area contributed by atoms with Crippen molar-refractivity contribution in [1.82, 2.24) is 5.16 Å². The number of aryl methyl sites for hydroxylation is 1. The molecule has 0 spiro atoms. The molecular weight excluding hydrogens is 212 g/mol. The molecule has 0 unspecified atom stereocenters. The molecule has 4 aliphatic carbocycles. The van der Waals surface area contributed by atoms with Crippen LogP contribution in [0, 0.1) is 24.7 Å². The van der Waals surface area contributed by atoms with Crippen molar-refractivity contribution in [3.05, 3.63) is 11.5 Å². The van der Waals surface area contributed by atoms with E-state index in [2.05, 4.69) is 5.16 Å². The first-order valence-electron chi connectivity index (χ1n) is 6.88. The van der Waals surface area contributed by atoms with Gasteiger partial charge in [-0.25, -0.2) is 0 Å². The Balaban J connectivity index is 1.80. The molecular formula is C14H20N2O. The molecule has 3 nitrogen and oxygen atoms in total. The van der Waals surface area contributed by atoms with Gasteiger partial charge in [0.2, 0.25) is 0 Å². The summed E-state index contributed by atoms with van der Waals surface area (Å²) in [5, 5.41) is 4.07. The molecule has 92 valence electrons. The lowest BCUT2D eigenvalue weighted by Crippen LogP contribution is -2.48. The van der Waals surface area contributed by atoms with Gasteiger partial charge in [0.15, 0.2) is 5.76 Å². The fourth-order valence-corrected chi connectivity index (χ4v) is 5.15. The zero-order chi connectivity index (χ0) is 11.6. The van der Waals surface area contributed by atoms with Crippen LogP contribution in [0.2, 0.25) is 0 Å². The van der Waals surface area contributed by atoms with E-state index in [1.807, 2.05) is 6.92 Å². The molecule has 4 saturated carbocycles. The Labute approximate surface area is 102 Å². The van der Waals surface area contributed by atoms with Crippen molar-refractivity contribution < 1.29 is 4.52 Å². The smallest absolute Gasteiger partial charge is 0.166 e. The summed E-state index contributed by atoms with van der Waals surface area (Å²) < 4.78 is 5.60. The van der Waals surface area contributed by atoms with Crippen LogP contribution in [0.1, 0.15) is 50.0 Å². The van der Waals surface area contributed by atoms with Crippen molar-refractivity contribution in [1.29, 1.82) is 0 Å². The standard InChI is InChI=1S/C14H20N2O/c1-8-12(15)13(17-16-8)14-5-9-2-10(6-14)4-11(3-9)7-14/h9-11H,2-7,15H2,1H3. The van der Waals surface area contributed by atoms with Crippen molar-refractivity contribution in [2.24, 2.45) is 17.8 Å². The van der Waals surface area contributed by atoms with E-state index in [9.17, 15) is 0 Å². The van der Waals surface area contributed by atoms with Crippen molar-refractivity contribution in [2.75, 3.05) is 5.73 Å². The number of aromatic nitrogens is 1. The monoisotopic (exact) mass is 232 g/mol. The van der Waals surface area contributed by atoms with Gasteiger partial charge < -0.3 is 10.3 Å². The molecule has 0 amide bonds. The van der Waals surface area contributed by atoms with Crippen molar-refractivity contribution in [3.8, 4) is 0 Å². The maximum Gasteiger partial charge on any atom is 0.166 e. The quantitative estimate of drug-likeness (QED) is 0.809. The highest BCUT2D eigenvalue weighted by Gasteiger charge is 2.54. The lowest BCUT2D eigenvalue weighted by molar-refractivity contribution is -0.0171. The average molecular weight is 232 g/mol. The predicted molar refractivity (Wildman–Crippen MR) is 65.5 cm³/mol. The van der Waals surface area contributed by atoms with Crippen LogP contribution in [-0.4, -0.2) is 5.16 Å². The summed E-state index contributed by atoms with van der Waals surface area (Å²) in [6.07, 6.45) is 8.22. The Hall–Kier alpha value is -0.990. The fraction of sp³-hybridized carbons (Fsp3) is 0.786. The van der Waals surface area contributed by atoms with E-state index in [0.717, 1.165) is 34.9 Å². The van der Waals surface area contributed by atoms with E-state index in [1.54, 1.807) is 0 Å². The molecule has 0 saturated heterocycles. The molecule has 1 aromatic rings. The molecule has 5 rings (SSSR count). The largest absolute Gasteiger partial charge is 0.394 e. The summed E-state index contributed by atoms with van der Waals surface area (Å²) in [5.74, 6) is 3.79. The Bertz CT molecular complexity index is 428. The zero-order valence-corrected chi connectivity index (χ0v) is 10.4. The number of hydrogen-bond donors (Lipinski definition) is 1. The molecule has 4 aliphatic rings. The van der Waals surface area contributed by atoms with Gasteiger partial charge in [-0.1, -0.05) is 5.16 Å². The van der Waals surface area contributed by atoms with E-state index >= 15 is 0 Å². The number of nitrogens with zero attached hydrogens (tertiary/aromatic N) is 1. The minimum absolute atomic E-state index is 0.250. The second kappa shape index (κ2) is 3.06. The van der Waals surface area contributed by atoms with Gasteiger partial charge >= 0.3 is 0 Å². The molecule has 1 aromatic heterocycles. The van der Waals surface area contributed by atoms with Crippen molar-refractivity contribution in [2.45, 2.75) is 50.9 Å². The molecule has 0 aliphatic heterocycles. The molecule has 3 heteroatoms. The zero-order valence-electron chi connectivity index (χ0n) is 10.4. The second-order valence-electron chi connectivity index (χ2n) is 6.71. The number of hydrogen-bond acceptors (Lipinski definition) is 3. The minimum atomic E-state index is 0.250. The van der Waals surface area contributed by atoms with E-state index in [1.165, 1.54) is 38.5 Å². The Morgan fingerprint density at radius 3 is 2.06 bits per heavy atom. The van der Waals surface area contributed by atoms with Crippen LogP contribution in [-0.2, 0) is 5.41 Å². The van der Waals surface area contributed by atoms with Gasteiger partial charge in [0.25, 0.3) is 0 Å². The first-order chi connectivity index (χ1) is 8.16. The van der Waals surface area contributed by atoms with E-state index in [0.29, 0.717) is 0 Å². The topological polar surface area (TPSA) is 52.0 Å². The molecule has 17 heavy (non-hydrogen) atoms. The first kappa shape index (κ1) is 9.98. The third-order valence-corrected chi connectivity index (χ3v) is 5.43. The molecule has 1 heterocycles. The Morgan fingerprint density at radius 1 is 1.12 bits per heavy atom. The van der Waals surface area contributed by atoms with Crippen LogP contribution in [0.25, 0.3) is 0 Å². The highest BCUT2D eigenvalue weighted by Crippen LogP contribution is 2.61. The molecule has 4 bridgehead atoms. The van der Waals surface area contributed by atoms with Gasteiger partial charge in [0.05, 0.1) is 5.69 Å². The average Bonchev–Trinajstić information content (AvgIpc) is 2.58. The van der Waals surface area contributed by atoms with Gasteiger partial charge in [0.1, 0.15) is 5.69 Å². The SMILES string of the molecule is Cc1noc(C23CC4CC(CC(C4)C2)C3)c1N. The number of nitrogens with two attached hydrogens (primary N) is 1. The molecule has 4 fully saturated rings. The summed E-state index contributed by atoms with van der Waals surface area (Å²) in [6, 6.07) is 0. The third-order valence-electron chi connectivity index (χ3n) is 5.43. The number of nitrogen functional groups attached to an aromatic ring is 1. The Morgan fingerprint density at radius 2 is 1.65 bits per heavy atom. The summed E-state index contributed by atoms with van der Waals surface area (Å²) in [6.45, 7) is 1.95. The highest BCUT2D eigenvalue weighted by molar-refractivity contribution is 5.49. The predicted octanol–water partition coefficient (Wildman–Crippen LogP) is 3.03. The van der Waals surface area contributed by atoms with E-state index in [-0.39, 0.29) is 5.41 Å². The summed E-state index contributed by atoms with van der Waals surface area (Å²) in [7, 11) is 0. The van der Waals surface area contributed by atoms with Gasteiger partial charge in [0, 0.05) is 5.41 Å². The lowest BCUT2D eigenvalue weighted by Gasteiger charge is -2.55. The lowest BCUT2D eigenvalue weighted by atomic mass is 9.49. The van der Waals surface area contributed by atoms with E-state index < -0.39 is 0 Å². The number of rotatable bonds is 1. The normalized spacial score (nSPS) is 43.2. The Kier molecular flexibility index (Phi) is 1.80. The third kappa shape index (κ3) is 1.25. The maximum absolute atomic E-state index is 6.17. The summed E-state index contributed by atoms with van der Waals surface area (Å²) in [5.41, 5.74) is 8.11. The van der Waals surface area contributed by atoms with Gasteiger partial charge in [-0.3, -0.25) is 0 Å². The van der Waals surface area contributed by atoms with Crippen LogP contribution >= 0.6 is 0 Å². The summed E-state index contributed by atoms with van der Waals surface area (Å²) in [4.78, 5) is 0. The molecule has 0 atom stereocenters. The van der Waals surface area contributed by atoms with Crippen molar-refractivity contribution in [3.63, 3.8) is 0 Å². The van der Waals surface area contributed by atoms with Gasteiger partial charge in [-0.05, 0) is 63.2 Å². The van der Waals surface area contributed by atoms with Crippen LogP contribution in [0.3, 0.4) is 0 Å². The summed E-state index contributed by atoms with van der Waals surface area (Å²) >= 11 is 0. The number of anilines is 1. The molecule has 0 radical (unpaired) electrons.